The van der Waals surface area contributed by atoms with E-state index in [1.165, 1.54) is 0 Å². The molecule has 0 heterocycles. The zero-order chi connectivity index (χ0) is 18.1. The highest BCUT2D eigenvalue weighted by Crippen LogP contribution is 2.19. The van der Waals surface area contributed by atoms with Gasteiger partial charge in [0.25, 0.3) is 0 Å². The molecule has 0 atom stereocenters. The molecule has 2 aromatic carbocycles. The fourth-order valence-electron chi connectivity index (χ4n) is 2.45. The van der Waals surface area contributed by atoms with Crippen LogP contribution in [0, 0.1) is 13.8 Å². The molecule has 0 aliphatic heterocycles. The van der Waals surface area contributed by atoms with Gasteiger partial charge in [0.15, 0.2) is 0 Å². The lowest BCUT2D eigenvalue weighted by Gasteiger charge is -2.12. The maximum absolute atomic E-state index is 12.0. The van der Waals surface area contributed by atoms with Crippen LogP contribution in [0.15, 0.2) is 42.5 Å². The van der Waals surface area contributed by atoms with E-state index < -0.39 is 0 Å². The van der Waals surface area contributed by atoms with E-state index in [0.717, 1.165) is 28.3 Å². The molecule has 0 aliphatic carbocycles. The summed E-state index contributed by atoms with van der Waals surface area (Å²) in [6.07, 6.45) is 0.427. The molecule has 0 saturated heterocycles. The molecule has 0 radical (unpaired) electrons. The average molecular weight is 342 g/mol. The summed E-state index contributed by atoms with van der Waals surface area (Å²) in [4.78, 5) is 12.0. The number of rotatable bonds is 9. The second-order valence-corrected chi connectivity index (χ2v) is 5.84. The number of carbonyl (C=O) groups is 1. The Bertz CT molecular complexity index is 664. The van der Waals surface area contributed by atoms with Crippen LogP contribution in [0.4, 0.5) is 5.69 Å². The zero-order valence-corrected chi connectivity index (χ0v) is 15.1. The van der Waals surface area contributed by atoms with Crippen LogP contribution in [-0.2, 0) is 4.79 Å². The molecule has 0 unspecified atom stereocenters. The van der Waals surface area contributed by atoms with Crippen molar-refractivity contribution in [1.29, 1.82) is 0 Å². The van der Waals surface area contributed by atoms with E-state index in [4.69, 9.17) is 9.47 Å². The third-order valence-corrected chi connectivity index (χ3v) is 3.88. The van der Waals surface area contributed by atoms with Gasteiger partial charge in [-0.1, -0.05) is 18.2 Å². The van der Waals surface area contributed by atoms with Crippen molar-refractivity contribution in [1.82, 2.24) is 5.32 Å². The van der Waals surface area contributed by atoms with Gasteiger partial charge in [-0.2, -0.15) is 0 Å². The van der Waals surface area contributed by atoms with Crippen molar-refractivity contribution in [2.45, 2.75) is 20.3 Å². The predicted molar refractivity (Wildman–Crippen MR) is 101 cm³/mol. The lowest BCUT2D eigenvalue weighted by Crippen LogP contribution is -2.26. The first-order valence-electron chi connectivity index (χ1n) is 8.44. The van der Waals surface area contributed by atoms with Crippen molar-refractivity contribution in [3.63, 3.8) is 0 Å². The van der Waals surface area contributed by atoms with Crippen LogP contribution in [0.3, 0.4) is 0 Å². The molecule has 2 aromatic rings. The summed E-state index contributed by atoms with van der Waals surface area (Å²) in [5.74, 6) is 1.62. The van der Waals surface area contributed by atoms with E-state index in [2.05, 4.69) is 10.6 Å². The van der Waals surface area contributed by atoms with Gasteiger partial charge in [-0.05, 0) is 49.2 Å². The van der Waals surface area contributed by atoms with Crippen LogP contribution in [0.5, 0.6) is 11.5 Å². The molecule has 0 fully saturated rings. The van der Waals surface area contributed by atoms with Gasteiger partial charge < -0.3 is 20.1 Å². The van der Waals surface area contributed by atoms with Crippen LogP contribution in [-0.4, -0.2) is 32.7 Å². The number of amides is 1. The summed E-state index contributed by atoms with van der Waals surface area (Å²) in [6.45, 7) is 5.84. The number of aryl methyl sites for hydroxylation is 2. The Hall–Kier alpha value is -2.53. The largest absolute Gasteiger partial charge is 0.497 e. The molecule has 5 heteroatoms. The van der Waals surface area contributed by atoms with Crippen LogP contribution in [0.25, 0.3) is 0 Å². The van der Waals surface area contributed by atoms with Crippen molar-refractivity contribution in [3.8, 4) is 11.5 Å². The molecule has 5 nitrogen and oxygen atoms in total. The number of nitrogens with one attached hydrogen (secondary N) is 2. The first-order chi connectivity index (χ1) is 12.1. The number of hydrogen-bond donors (Lipinski definition) is 2. The summed E-state index contributed by atoms with van der Waals surface area (Å²) in [7, 11) is 1.64. The molecular formula is C20H26N2O3. The Morgan fingerprint density at radius 2 is 1.60 bits per heavy atom. The maximum Gasteiger partial charge on any atom is 0.225 e. The minimum absolute atomic E-state index is 0.0148. The molecular weight excluding hydrogens is 316 g/mol. The highest BCUT2D eigenvalue weighted by atomic mass is 16.5. The van der Waals surface area contributed by atoms with E-state index >= 15 is 0 Å². The lowest BCUT2D eigenvalue weighted by atomic mass is 10.1. The monoisotopic (exact) mass is 342 g/mol. The molecule has 134 valence electrons. The van der Waals surface area contributed by atoms with E-state index in [9.17, 15) is 4.79 Å². The summed E-state index contributed by atoms with van der Waals surface area (Å²) in [5.41, 5.74) is 3.07. The summed E-state index contributed by atoms with van der Waals surface area (Å²) in [5, 5.41) is 6.20. The molecule has 0 aromatic heterocycles. The highest BCUT2D eigenvalue weighted by Gasteiger charge is 2.06. The quantitative estimate of drug-likeness (QED) is 0.687. The number of benzene rings is 2. The molecule has 0 saturated carbocycles. The standard InChI is InChI=1S/C20H26N2O3/c1-15-5-4-6-16(2)20(15)22-19(23)11-12-21-13-14-25-18-9-7-17(24-3)8-10-18/h4-10,21H,11-14H2,1-3H3,(H,22,23). The number of anilines is 1. The molecule has 2 N–H and O–H groups in total. The van der Waals surface area contributed by atoms with Gasteiger partial charge in [-0.15, -0.1) is 0 Å². The van der Waals surface area contributed by atoms with Gasteiger partial charge in [0.05, 0.1) is 7.11 Å². The number of carbonyl (C=O) groups excluding carboxylic acids is 1. The highest BCUT2D eigenvalue weighted by molar-refractivity contribution is 5.92. The Kier molecular flexibility index (Phi) is 7.29. The molecule has 25 heavy (non-hydrogen) atoms. The van der Waals surface area contributed by atoms with Crippen molar-refractivity contribution in [2.75, 3.05) is 32.1 Å². The van der Waals surface area contributed by atoms with Crippen molar-refractivity contribution in [2.24, 2.45) is 0 Å². The maximum atomic E-state index is 12.0. The van der Waals surface area contributed by atoms with Gasteiger partial charge >= 0.3 is 0 Å². The van der Waals surface area contributed by atoms with Crippen molar-refractivity contribution < 1.29 is 14.3 Å². The third kappa shape index (κ3) is 6.12. The number of ether oxygens (including phenoxy) is 2. The fourth-order valence-corrected chi connectivity index (χ4v) is 2.45. The summed E-state index contributed by atoms with van der Waals surface area (Å²) >= 11 is 0. The van der Waals surface area contributed by atoms with Gasteiger partial charge in [-0.3, -0.25) is 4.79 Å². The SMILES string of the molecule is COc1ccc(OCCNCCC(=O)Nc2c(C)cccc2C)cc1. The molecule has 2 rings (SSSR count). The number of methoxy groups -OCH3 is 1. The first kappa shape index (κ1) is 18.8. The Balaban J connectivity index is 1.61. The second kappa shape index (κ2) is 9.69. The normalized spacial score (nSPS) is 10.4. The Labute approximate surface area is 149 Å². The van der Waals surface area contributed by atoms with E-state index in [-0.39, 0.29) is 5.91 Å². The van der Waals surface area contributed by atoms with Crippen LogP contribution < -0.4 is 20.1 Å². The zero-order valence-electron chi connectivity index (χ0n) is 15.1. The molecule has 0 aliphatic rings. The van der Waals surface area contributed by atoms with E-state index in [1.807, 2.05) is 56.3 Å². The third-order valence-electron chi connectivity index (χ3n) is 3.88. The molecule has 1 amide bonds. The Morgan fingerprint density at radius 1 is 0.960 bits per heavy atom. The average Bonchev–Trinajstić information content (AvgIpc) is 2.62. The van der Waals surface area contributed by atoms with Gasteiger partial charge in [0.2, 0.25) is 5.91 Å². The van der Waals surface area contributed by atoms with Gasteiger partial charge in [0.1, 0.15) is 18.1 Å². The smallest absolute Gasteiger partial charge is 0.225 e. The summed E-state index contributed by atoms with van der Waals surface area (Å²) in [6, 6.07) is 13.5. The Morgan fingerprint density at radius 3 is 2.24 bits per heavy atom. The topological polar surface area (TPSA) is 59.6 Å². The summed E-state index contributed by atoms with van der Waals surface area (Å²) < 4.78 is 10.7. The number of para-hydroxylation sites is 1. The second-order valence-electron chi connectivity index (χ2n) is 5.84. The van der Waals surface area contributed by atoms with Crippen molar-refractivity contribution in [3.05, 3.63) is 53.6 Å². The minimum atomic E-state index is 0.0148. The first-order valence-corrected chi connectivity index (χ1v) is 8.44. The van der Waals surface area contributed by atoms with E-state index in [1.54, 1.807) is 7.11 Å². The predicted octanol–water partition coefficient (Wildman–Crippen LogP) is 3.31. The lowest BCUT2D eigenvalue weighted by molar-refractivity contribution is -0.116. The van der Waals surface area contributed by atoms with Crippen LogP contribution in [0.1, 0.15) is 17.5 Å². The number of hydrogen-bond acceptors (Lipinski definition) is 4. The fraction of sp³-hybridized carbons (Fsp3) is 0.350. The molecule has 0 bridgehead atoms. The van der Waals surface area contributed by atoms with Crippen molar-refractivity contribution >= 4 is 11.6 Å². The van der Waals surface area contributed by atoms with E-state index in [0.29, 0.717) is 26.1 Å². The molecule has 0 spiro atoms. The van der Waals surface area contributed by atoms with Crippen LogP contribution in [0.2, 0.25) is 0 Å². The minimum Gasteiger partial charge on any atom is -0.497 e. The van der Waals surface area contributed by atoms with Crippen LogP contribution >= 0.6 is 0 Å². The van der Waals surface area contributed by atoms with Gasteiger partial charge in [-0.25, -0.2) is 0 Å². The van der Waals surface area contributed by atoms with Gasteiger partial charge in [0, 0.05) is 25.2 Å².